The highest BCUT2D eigenvalue weighted by atomic mass is 16.6. The molecule has 0 radical (unpaired) electrons. The molecule has 0 unspecified atom stereocenters. The highest BCUT2D eigenvalue weighted by Gasteiger charge is 2.31. The van der Waals surface area contributed by atoms with Gasteiger partial charge in [0.05, 0.1) is 10.5 Å². The third kappa shape index (κ3) is 2.32. The van der Waals surface area contributed by atoms with Gasteiger partial charge in [-0.05, 0) is 24.1 Å². The molecule has 7 nitrogen and oxygen atoms in total. The minimum absolute atomic E-state index is 0.0317. The van der Waals surface area contributed by atoms with Gasteiger partial charge in [0.25, 0.3) is 5.69 Å². The molecule has 0 aliphatic carbocycles. The number of nitrogens with two attached hydrogens (primary N) is 1. The summed E-state index contributed by atoms with van der Waals surface area (Å²) in [6.45, 7) is 1.33. The Hall–Kier alpha value is -3.22. The number of nitro benzene ring substituents is 1. The number of cyclic esters (lactones) is 1. The summed E-state index contributed by atoms with van der Waals surface area (Å²) in [6, 6.07) is 7.36. The molecule has 0 spiro atoms. The van der Waals surface area contributed by atoms with Crippen molar-refractivity contribution in [1.29, 1.82) is 0 Å². The van der Waals surface area contributed by atoms with Crippen LogP contribution < -0.4 is 5.73 Å². The van der Waals surface area contributed by atoms with Crippen LogP contribution in [-0.2, 0) is 11.3 Å². The monoisotopic (exact) mass is 312 g/mol. The molecule has 1 heterocycles. The van der Waals surface area contributed by atoms with E-state index in [9.17, 15) is 19.7 Å². The molecule has 2 N–H and O–H groups in total. The average Bonchev–Trinajstić information content (AvgIpc) is 2.88. The number of carbonyl (C=O) groups is 2. The van der Waals surface area contributed by atoms with Gasteiger partial charge in [0.2, 0.25) is 0 Å². The van der Waals surface area contributed by atoms with E-state index in [0.717, 1.165) is 0 Å². The SMILES string of the molecule is CC(=O)c1c(N)cc(-c2cccc([N+](=O)[O-])c2)c2c1COC2=O. The van der Waals surface area contributed by atoms with E-state index < -0.39 is 10.9 Å². The Morgan fingerprint density at radius 3 is 2.74 bits per heavy atom. The molecule has 23 heavy (non-hydrogen) atoms. The first-order valence-electron chi connectivity index (χ1n) is 6.78. The third-order valence-corrected chi connectivity index (χ3v) is 3.73. The van der Waals surface area contributed by atoms with Gasteiger partial charge >= 0.3 is 5.97 Å². The Morgan fingerprint density at radius 1 is 1.35 bits per heavy atom. The van der Waals surface area contributed by atoms with Crippen LogP contribution in [0.5, 0.6) is 0 Å². The molecule has 7 heteroatoms. The summed E-state index contributed by atoms with van der Waals surface area (Å²) in [5.74, 6) is -0.827. The Bertz CT molecular complexity index is 873. The number of Topliss-reactive ketones (excluding diaryl/α,β-unsaturated/α-hetero) is 1. The number of anilines is 1. The van der Waals surface area contributed by atoms with Gasteiger partial charge in [-0.1, -0.05) is 12.1 Å². The molecule has 0 fully saturated rings. The van der Waals surface area contributed by atoms with Crippen molar-refractivity contribution < 1.29 is 19.2 Å². The quantitative estimate of drug-likeness (QED) is 0.306. The molecule has 0 atom stereocenters. The molecule has 2 aromatic rings. The Balaban J connectivity index is 2.30. The van der Waals surface area contributed by atoms with Crippen LogP contribution in [0.1, 0.15) is 33.2 Å². The molecular formula is C16H12N2O5. The fraction of sp³-hybridized carbons (Fsp3) is 0.125. The van der Waals surface area contributed by atoms with Gasteiger partial charge < -0.3 is 10.5 Å². The zero-order chi connectivity index (χ0) is 16.7. The largest absolute Gasteiger partial charge is 0.457 e. The zero-order valence-corrected chi connectivity index (χ0v) is 12.2. The number of hydrogen-bond donors (Lipinski definition) is 1. The van der Waals surface area contributed by atoms with Crippen molar-refractivity contribution in [1.82, 2.24) is 0 Å². The lowest BCUT2D eigenvalue weighted by Crippen LogP contribution is -2.07. The van der Waals surface area contributed by atoms with Gasteiger partial charge in [0, 0.05) is 28.9 Å². The molecular weight excluding hydrogens is 300 g/mol. The van der Waals surface area contributed by atoms with Gasteiger partial charge in [0.15, 0.2) is 5.78 Å². The second-order valence-corrected chi connectivity index (χ2v) is 5.18. The number of nitro groups is 1. The predicted octanol–water partition coefficient (Wildman–Crippen LogP) is 2.72. The maximum Gasteiger partial charge on any atom is 0.339 e. The number of ether oxygens (including phenoxy) is 1. The summed E-state index contributed by atoms with van der Waals surface area (Å²) < 4.78 is 5.03. The predicted molar refractivity (Wildman–Crippen MR) is 82.1 cm³/mol. The average molecular weight is 312 g/mol. The number of carbonyl (C=O) groups excluding carboxylic acids is 2. The second kappa shape index (κ2) is 5.20. The summed E-state index contributed by atoms with van der Waals surface area (Å²) >= 11 is 0. The Morgan fingerprint density at radius 2 is 2.09 bits per heavy atom. The van der Waals surface area contributed by atoms with Crippen LogP contribution >= 0.6 is 0 Å². The number of rotatable bonds is 3. The molecule has 0 saturated heterocycles. The Labute approximate surface area is 130 Å². The summed E-state index contributed by atoms with van der Waals surface area (Å²) in [6.07, 6.45) is 0. The highest BCUT2D eigenvalue weighted by molar-refractivity contribution is 6.09. The van der Waals surface area contributed by atoms with Crippen molar-refractivity contribution in [3.8, 4) is 11.1 Å². The molecule has 3 rings (SSSR count). The van der Waals surface area contributed by atoms with Crippen LogP contribution in [0.25, 0.3) is 11.1 Å². The summed E-state index contributed by atoms with van der Waals surface area (Å²) in [4.78, 5) is 34.3. The van der Waals surface area contributed by atoms with Crippen LogP contribution in [-0.4, -0.2) is 16.7 Å². The summed E-state index contributed by atoms with van der Waals surface area (Å²) in [5.41, 5.74) is 7.91. The van der Waals surface area contributed by atoms with Crippen molar-refractivity contribution in [2.24, 2.45) is 0 Å². The van der Waals surface area contributed by atoms with Crippen LogP contribution in [0.3, 0.4) is 0 Å². The highest BCUT2D eigenvalue weighted by Crippen LogP contribution is 2.37. The lowest BCUT2D eigenvalue weighted by Gasteiger charge is -2.12. The van der Waals surface area contributed by atoms with Crippen molar-refractivity contribution in [3.63, 3.8) is 0 Å². The molecule has 1 aliphatic rings. The third-order valence-electron chi connectivity index (χ3n) is 3.73. The fourth-order valence-corrected chi connectivity index (χ4v) is 2.78. The van der Waals surface area contributed by atoms with Gasteiger partial charge in [-0.15, -0.1) is 0 Å². The number of benzene rings is 2. The fourth-order valence-electron chi connectivity index (χ4n) is 2.78. The van der Waals surface area contributed by atoms with Gasteiger partial charge in [-0.3, -0.25) is 14.9 Å². The maximum absolute atomic E-state index is 12.1. The van der Waals surface area contributed by atoms with E-state index >= 15 is 0 Å². The normalized spacial score (nSPS) is 12.7. The molecule has 2 aromatic carbocycles. The minimum atomic E-state index is -0.566. The summed E-state index contributed by atoms with van der Waals surface area (Å²) in [7, 11) is 0. The van der Waals surface area contributed by atoms with E-state index in [-0.39, 0.29) is 34.9 Å². The standard InChI is InChI=1S/C16H12N2O5/c1-8(19)14-12-7-23-16(20)15(12)11(6-13(14)17)9-3-2-4-10(5-9)18(21)22/h2-6H,7,17H2,1H3. The molecule has 1 aliphatic heterocycles. The van der Waals surface area contributed by atoms with Crippen molar-refractivity contribution >= 4 is 23.1 Å². The summed E-state index contributed by atoms with van der Waals surface area (Å²) in [5, 5.41) is 10.9. The molecule has 0 saturated carbocycles. The zero-order valence-electron chi connectivity index (χ0n) is 12.2. The van der Waals surface area contributed by atoms with Crippen molar-refractivity contribution in [2.45, 2.75) is 13.5 Å². The Kier molecular flexibility index (Phi) is 3.33. The van der Waals surface area contributed by atoms with E-state index in [1.165, 1.54) is 31.2 Å². The van der Waals surface area contributed by atoms with E-state index in [1.807, 2.05) is 0 Å². The number of ketones is 1. The number of hydrogen-bond acceptors (Lipinski definition) is 6. The first-order valence-corrected chi connectivity index (χ1v) is 6.78. The lowest BCUT2D eigenvalue weighted by molar-refractivity contribution is -0.384. The van der Waals surface area contributed by atoms with Gasteiger partial charge in [0.1, 0.15) is 6.61 Å². The van der Waals surface area contributed by atoms with Crippen LogP contribution in [0.15, 0.2) is 30.3 Å². The van der Waals surface area contributed by atoms with Crippen molar-refractivity contribution in [3.05, 3.63) is 57.1 Å². The van der Waals surface area contributed by atoms with Crippen LogP contribution in [0, 0.1) is 10.1 Å². The topological polar surface area (TPSA) is 113 Å². The van der Waals surface area contributed by atoms with Gasteiger partial charge in [-0.2, -0.15) is 0 Å². The van der Waals surface area contributed by atoms with Crippen molar-refractivity contribution in [2.75, 3.05) is 5.73 Å². The molecule has 0 amide bonds. The number of esters is 1. The first-order chi connectivity index (χ1) is 10.9. The number of fused-ring (bicyclic) bond motifs is 1. The number of nitrogen functional groups attached to an aromatic ring is 1. The van der Waals surface area contributed by atoms with Gasteiger partial charge in [-0.25, -0.2) is 4.79 Å². The van der Waals surface area contributed by atoms with E-state index in [2.05, 4.69) is 0 Å². The van der Waals surface area contributed by atoms with Crippen LogP contribution in [0.4, 0.5) is 11.4 Å². The number of nitrogens with zero attached hydrogens (tertiary/aromatic N) is 1. The van der Waals surface area contributed by atoms with E-state index in [1.54, 1.807) is 6.07 Å². The van der Waals surface area contributed by atoms with Crippen LogP contribution in [0.2, 0.25) is 0 Å². The first kappa shape index (κ1) is 14.7. The molecule has 0 bridgehead atoms. The van der Waals surface area contributed by atoms with E-state index in [4.69, 9.17) is 10.5 Å². The smallest absolute Gasteiger partial charge is 0.339 e. The number of non-ortho nitro benzene ring substituents is 1. The van der Waals surface area contributed by atoms with E-state index in [0.29, 0.717) is 16.7 Å². The second-order valence-electron chi connectivity index (χ2n) is 5.18. The molecule has 0 aromatic heterocycles. The molecule has 116 valence electrons. The lowest BCUT2D eigenvalue weighted by atomic mass is 9.90. The minimum Gasteiger partial charge on any atom is -0.457 e. The maximum atomic E-state index is 12.1.